The van der Waals surface area contributed by atoms with Crippen LogP contribution >= 0.6 is 0 Å². The minimum absolute atomic E-state index is 0.164. The van der Waals surface area contributed by atoms with Gasteiger partial charge in [0.2, 0.25) is 0 Å². The van der Waals surface area contributed by atoms with E-state index in [0.717, 1.165) is 25.7 Å². The van der Waals surface area contributed by atoms with Crippen LogP contribution in [0, 0.1) is 0 Å². The molecular weight excluding hydrogens is 242 g/mol. The maximum Gasteiger partial charge on any atom is 0.407 e. The van der Waals surface area contributed by atoms with Crippen LogP contribution in [0.1, 0.15) is 31.2 Å². The second kappa shape index (κ2) is 5.21. The average molecular weight is 261 g/mol. The molecule has 2 aliphatic rings. The summed E-state index contributed by atoms with van der Waals surface area (Å²) in [5, 5.41) is 9.20. The molecule has 4 heteroatoms. The first-order valence-corrected chi connectivity index (χ1v) is 6.91. The van der Waals surface area contributed by atoms with Crippen molar-refractivity contribution in [2.45, 2.75) is 50.5 Å². The third kappa shape index (κ3) is 2.59. The van der Waals surface area contributed by atoms with Crippen molar-refractivity contribution in [2.75, 3.05) is 0 Å². The highest BCUT2D eigenvalue weighted by molar-refractivity contribution is 5.66. The fraction of sp³-hybridized carbons (Fsp3) is 0.533. The van der Waals surface area contributed by atoms with Crippen LogP contribution in [0.3, 0.4) is 0 Å². The molecule has 0 saturated carbocycles. The van der Waals surface area contributed by atoms with Gasteiger partial charge in [-0.05, 0) is 31.2 Å². The maximum absolute atomic E-state index is 11.2. The third-order valence-electron chi connectivity index (χ3n) is 4.24. The Morgan fingerprint density at radius 1 is 1.21 bits per heavy atom. The number of hydrogen-bond acceptors (Lipinski definition) is 2. The van der Waals surface area contributed by atoms with Crippen molar-refractivity contribution < 1.29 is 14.6 Å². The number of amides is 1. The van der Waals surface area contributed by atoms with Crippen LogP contribution in [0.25, 0.3) is 0 Å². The smallest absolute Gasteiger partial charge is 0.407 e. The van der Waals surface area contributed by atoms with Crippen LogP contribution in [0.15, 0.2) is 30.3 Å². The first kappa shape index (κ1) is 12.5. The summed E-state index contributed by atoms with van der Waals surface area (Å²) in [6, 6.07) is 10.5. The predicted molar refractivity (Wildman–Crippen MR) is 70.9 cm³/mol. The first-order chi connectivity index (χ1) is 9.24. The minimum Gasteiger partial charge on any atom is -0.465 e. The highest BCUT2D eigenvalue weighted by atomic mass is 16.5. The molecule has 19 heavy (non-hydrogen) atoms. The Hall–Kier alpha value is -1.55. The van der Waals surface area contributed by atoms with Crippen LogP contribution in [-0.4, -0.2) is 34.3 Å². The molecule has 1 aromatic rings. The van der Waals surface area contributed by atoms with Crippen molar-refractivity contribution in [3.63, 3.8) is 0 Å². The van der Waals surface area contributed by atoms with Crippen molar-refractivity contribution in [2.24, 2.45) is 0 Å². The lowest BCUT2D eigenvalue weighted by atomic mass is 10.0. The Morgan fingerprint density at radius 3 is 2.42 bits per heavy atom. The summed E-state index contributed by atoms with van der Waals surface area (Å²) in [6.45, 7) is 0.623. The van der Waals surface area contributed by atoms with E-state index in [9.17, 15) is 9.90 Å². The highest BCUT2D eigenvalue weighted by Gasteiger charge is 2.43. The normalized spacial score (nSPS) is 29.5. The zero-order valence-electron chi connectivity index (χ0n) is 10.9. The van der Waals surface area contributed by atoms with Gasteiger partial charge in [0.1, 0.15) is 0 Å². The quantitative estimate of drug-likeness (QED) is 0.910. The second-order valence-electron chi connectivity index (χ2n) is 5.46. The SMILES string of the molecule is O=C(O)N1C2CCC1CC(OCc1ccccc1)C2. The second-order valence-corrected chi connectivity index (χ2v) is 5.46. The maximum atomic E-state index is 11.2. The largest absolute Gasteiger partial charge is 0.465 e. The molecule has 2 fully saturated rings. The lowest BCUT2D eigenvalue weighted by Crippen LogP contribution is -2.47. The molecule has 1 amide bonds. The molecule has 0 radical (unpaired) electrons. The first-order valence-electron chi connectivity index (χ1n) is 6.91. The Bertz CT molecular complexity index is 434. The van der Waals surface area contributed by atoms with E-state index in [1.165, 1.54) is 5.56 Å². The van der Waals surface area contributed by atoms with Gasteiger partial charge in [-0.1, -0.05) is 30.3 Å². The standard InChI is InChI=1S/C15H19NO3/c17-15(18)16-12-6-7-13(16)9-14(8-12)19-10-11-4-2-1-3-5-11/h1-5,12-14H,6-10H2,(H,17,18). The van der Waals surface area contributed by atoms with Crippen LogP contribution in [0.4, 0.5) is 4.79 Å². The Labute approximate surface area is 113 Å². The summed E-state index contributed by atoms with van der Waals surface area (Å²) in [5.41, 5.74) is 1.18. The molecular formula is C15H19NO3. The summed E-state index contributed by atoms with van der Waals surface area (Å²) in [5.74, 6) is 0. The van der Waals surface area contributed by atoms with E-state index in [-0.39, 0.29) is 18.2 Å². The summed E-state index contributed by atoms with van der Waals surface area (Å²) >= 11 is 0. The minimum atomic E-state index is -0.769. The Balaban J connectivity index is 1.57. The summed E-state index contributed by atoms with van der Waals surface area (Å²) < 4.78 is 5.96. The lowest BCUT2D eigenvalue weighted by Gasteiger charge is -2.36. The number of hydrogen-bond donors (Lipinski definition) is 1. The van der Waals surface area contributed by atoms with Crippen molar-refractivity contribution in [1.82, 2.24) is 4.90 Å². The van der Waals surface area contributed by atoms with Gasteiger partial charge in [-0.2, -0.15) is 0 Å². The monoisotopic (exact) mass is 261 g/mol. The molecule has 2 bridgehead atoms. The fourth-order valence-corrected chi connectivity index (χ4v) is 3.36. The molecule has 4 nitrogen and oxygen atoms in total. The predicted octanol–water partition coefficient (Wildman–Crippen LogP) is 2.88. The molecule has 2 atom stereocenters. The lowest BCUT2D eigenvalue weighted by molar-refractivity contribution is -0.0225. The summed E-state index contributed by atoms with van der Waals surface area (Å²) in [6.07, 6.45) is 3.09. The van der Waals surface area contributed by atoms with Crippen LogP contribution < -0.4 is 0 Å². The Morgan fingerprint density at radius 2 is 1.84 bits per heavy atom. The van der Waals surface area contributed by atoms with E-state index < -0.39 is 6.09 Å². The van der Waals surface area contributed by atoms with Gasteiger partial charge in [0, 0.05) is 12.1 Å². The van der Waals surface area contributed by atoms with E-state index >= 15 is 0 Å². The number of carboxylic acid groups (broad SMARTS) is 1. The van der Waals surface area contributed by atoms with Crippen molar-refractivity contribution in [3.05, 3.63) is 35.9 Å². The number of benzene rings is 1. The van der Waals surface area contributed by atoms with E-state index in [2.05, 4.69) is 12.1 Å². The topological polar surface area (TPSA) is 49.8 Å². The van der Waals surface area contributed by atoms with E-state index in [1.807, 2.05) is 18.2 Å². The molecule has 1 aromatic carbocycles. The third-order valence-corrected chi connectivity index (χ3v) is 4.24. The van der Waals surface area contributed by atoms with Gasteiger partial charge in [0.25, 0.3) is 0 Å². The van der Waals surface area contributed by atoms with Gasteiger partial charge >= 0.3 is 6.09 Å². The van der Waals surface area contributed by atoms with E-state index in [1.54, 1.807) is 4.90 Å². The van der Waals surface area contributed by atoms with Crippen LogP contribution in [0.2, 0.25) is 0 Å². The zero-order chi connectivity index (χ0) is 13.2. The van der Waals surface area contributed by atoms with Crippen molar-refractivity contribution >= 4 is 6.09 Å². The molecule has 0 spiro atoms. The molecule has 2 unspecified atom stereocenters. The summed E-state index contributed by atoms with van der Waals surface area (Å²) in [7, 11) is 0. The number of piperidine rings is 1. The van der Waals surface area contributed by atoms with Gasteiger partial charge in [0.05, 0.1) is 12.7 Å². The van der Waals surface area contributed by atoms with Crippen LogP contribution in [0.5, 0.6) is 0 Å². The number of rotatable bonds is 3. The fourth-order valence-electron chi connectivity index (χ4n) is 3.36. The Kier molecular flexibility index (Phi) is 3.42. The van der Waals surface area contributed by atoms with Gasteiger partial charge in [-0.25, -0.2) is 4.79 Å². The van der Waals surface area contributed by atoms with Crippen LogP contribution in [-0.2, 0) is 11.3 Å². The molecule has 1 N–H and O–H groups in total. The number of carbonyl (C=O) groups is 1. The number of nitrogens with zero attached hydrogens (tertiary/aromatic N) is 1. The molecule has 3 rings (SSSR count). The zero-order valence-corrected chi connectivity index (χ0v) is 10.9. The van der Waals surface area contributed by atoms with Crippen molar-refractivity contribution in [3.8, 4) is 0 Å². The van der Waals surface area contributed by atoms with Gasteiger partial charge < -0.3 is 14.7 Å². The highest BCUT2D eigenvalue weighted by Crippen LogP contribution is 2.37. The number of ether oxygens (including phenoxy) is 1. The molecule has 2 heterocycles. The average Bonchev–Trinajstić information content (AvgIpc) is 2.70. The molecule has 0 aromatic heterocycles. The van der Waals surface area contributed by atoms with E-state index in [0.29, 0.717) is 6.61 Å². The number of fused-ring (bicyclic) bond motifs is 2. The van der Waals surface area contributed by atoms with Gasteiger partial charge in [-0.15, -0.1) is 0 Å². The summed E-state index contributed by atoms with van der Waals surface area (Å²) in [4.78, 5) is 12.8. The van der Waals surface area contributed by atoms with Gasteiger partial charge in [0.15, 0.2) is 0 Å². The molecule has 2 aliphatic heterocycles. The molecule has 0 aliphatic carbocycles. The molecule has 102 valence electrons. The van der Waals surface area contributed by atoms with Gasteiger partial charge in [-0.3, -0.25) is 0 Å². The van der Waals surface area contributed by atoms with Crippen molar-refractivity contribution in [1.29, 1.82) is 0 Å². The van der Waals surface area contributed by atoms with E-state index in [4.69, 9.17) is 4.74 Å². The molecule has 2 saturated heterocycles.